The average Bonchev–Trinajstić information content (AvgIpc) is 2.78. The van der Waals surface area contributed by atoms with Crippen LogP contribution in [0.5, 0.6) is 0 Å². The summed E-state index contributed by atoms with van der Waals surface area (Å²) in [5.74, 6) is -0.956. The Morgan fingerprint density at radius 1 is 1.61 bits per heavy atom. The quantitative estimate of drug-likeness (QED) is 0.853. The SMILES string of the molecule is CC1(CNCc2csc(C(=O)O)n2)CCOCC1. The molecule has 0 aromatic carbocycles. The van der Waals surface area contributed by atoms with Gasteiger partial charge in [0.1, 0.15) is 0 Å². The van der Waals surface area contributed by atoms with Crippen LogP contribution in [0.2, 0.25) is 0 Å². The van der Waals surface area contributed by atoms with E-state index in [9.17, 15) is 4.79 Å². The Kier molecular flexibility index (Phi) is 4.31. The molecule has 1 aromatic heterocycles. The number of hydrogen-bond acceptors (Lipinski definition) is 5. The fraction of sp³-hybridized carbons (Fsp3) is 0.667. The van der Waals surface area contributed by atoms with E-state index in [1.165, 1.54) is 11.3 Å². The molecule has 1 aliphatic rings. The predicted octanol–water partition coefficient (Wildman–Crippen LogP) is 1.75. The number of ether oxygens (including phenoxy) is 1. The van der Waals surface area contributed by atoms with Gasteiger partial charge in [-0.2, -0.15) is 0 Å². The highest BCUT2D eigenvalue weighted by atomic mass is 32.1. The lowest BCUT2D eigenvalue weighted by atomic mass is 9.82. The van der Waals surface area contributed by atoms with Crippen molar-refractivity contribution < 1.29 is 14.6 Å². The number of carboxylic acids is 1. The molecule has 0 amide bonds. The topological polar surface area (TPSA) is 71.5 Å². The molecule has 100 valence electrons. The highest BCUT2D eigenvalue weighted by Crippen LogP contribution is 2.28. The van der Waals surface area contributed by atoms with E-state index in [0.717, 1.165) is 38.3 Å². The lowest BCUT2D eigenvalue weighted by Gasteiger charge is -2.33. The maximum atomic E-state index is 10.7. The molecule has 0 bridgehead atoms. The van der Waals surface area contributed by atoms with E-state index in [0.29, 0.717) is 6.54 Å². The zero-order valence-corrected chi connectivity index (χ0v) is 11.3. The first-order valence-corrected chi connectivity index (χ1v) is 6.93. The summed E-state index contributed by atoms with van der Waals surface area (Å²) in [6.07, 6.45) is 2.13. The van der Waals surface area contributed by atoms with E-state index in [1.807, 2.05) is 0 Å². The minimum atomic E-state index is -0.956. The molecular formula is C12H18N2O3S. The fourth-order valence-corrected chi connectivity index (χ4v) is 2.67. The summed E-state index contributed by atoms with van der Waals surface area (Å²) >= 11 is 1.17. The Labute approximate surface area is 110 Å². The van der Waals surface area contributed by atoms with Crippen LogP contribution in [0.1, 0.15) is 35.3 Å². The van der Waals surface area contributed by atoms with Crippen LogP contribution in [-0.2, 0) is 11.3 Å². The Balaban J connectivity index is 1.78. The molecular weight excluding hydrogens is 252 g/mol. The second kappa shape index (κ2) is 5.77. The molecule has 2 rings (SSSR count). The highest BCUT2D eigenvalue weighted by Gasteiger charge is 2.26. The van der Waals surface area contributed by atoms with Crippen molar-refractivity contribution in [3.63, 3.8) is 0 Å². The first-order chi connectivity index (χ1) is 8.59. The average molecular weight is 270 g/mol. The number of hydrogen-bond donors (Lipinski definition) is 2. The summed E-state index contributed by atoms with van der Waals surface area (Å²) in [5.41, 5.74) is 1.08. The number of aromatic carboxylic acids is 1. The summed E-state index contributed by atoms with van der Waals surface area (Å²) < 4.78 is 5.36. The van der Waals surface area contributed by atoms with Crippen molar-refractivity contribution in [2.75, 3.05) is 19.8 Å². The summed E-state index contributed by atoms with van der Waals surface area (Å²) in [6, 6.07) is 0. The molecule has 1 fully saturated rings. The largest absolute Gasteiger partial charge is 0.476 e. The predicted molar refractivity (Wildman–Crippen MR) is 68.9 cm³/mol. The van der Waals surface area contributed by atoms with Crippen LogP contribution >= 0.6 is 11.3 Å². The van der Waals surface area contributed by atoms with Crippen molar-refractivity contribution in [2.45, 2.75) is 26.3 Å². The smallest absolute Gasteiger partial charge is 0.365 e. The van der Waals surface area contributed by atoms with Gasteiger partial charge >= 0.3 is 5.97 Å². The van der Waals surface area contributed by atoms with Crippen LogP contribution < -0.4 is 5.32 Å². The first kappa shape index (κ1) is 13.5. The zero-order valence-electron chi connectivity index (χ0n) is 10.4. The molecule has 0 atom stereocenters. The van der Waals surface area contributed by atoms with Crippen molar-refractivity contribution in [3.8, 4) is 0 Å². The molecule has 6 heteroatoms. The number of nitrogens with zero attached hydrogens (tertiary/aromatic N) is 1. The monoisotopic (exact) mass is 270 g/mol. The van der Waals surface area contributed by atoms with E-state index >= 15 is 0 Å². The molecule has 0 saturated carbocycles. The Morgan fingerprint density at radius 2 is 2.33 bits per heavy atom. The second-order valence-electron chi connectivity index (χ2n) is 4.98. The Morgan fingerprint density at radius 3 is 2.94 bits per heavy atom. The lowest BCUT2D eigenvalue weighted by molar-refractivity contribution is 0.0239. The molecule has 5 nitrogen and oxygen atoms in total. The van der Waals surface area contributed by atoms with Gasteiger partial charge in [-0.1, -0.05) is 6.92 Å². The minimum absolute atomic E-state index is 0.157. The molecule has 1 aromatic rings. The zero-order chi connectivity index (χ0) is 13.0. The van der Waals surface area contributed by atoms with E-state index in [2.05, 4.69) is 17.2 Å². The van der Waals surface area contributed by atoms with Crippen molar-refractivity contribution in [3.05, 3.63) is 16.1 Å². The normalized spacial score (nSPS) is 18.7. The number of carbonyl (C=O) groups is 1. The molecule has 1 saturated heterocycles. The molecule has 2 heterocycles. The van der Waals surface area contributed by atoms with E-state index in [4.69, 9.17) is 9.84 Å². The van der Waals surface area contributed by atoms with Gasteiger partial charge in [0.2, 0.25) is 5.01 Å². The third-order valence-corrected chi connectivity index (χ3v) is 4.17. The van der Waals surface area contributed by atoms with Crippen molar-refractivity contribution >= 4 is 17.3 Å². The van der Waals surface area contributed by atoms with Gasteiger partial charge in [-0.15, -0.1) is 11.3 Å². The van der Waals surface area contributed by atoms with Crippen LogP contribution in [-0.4, -0.2) is 35.8 Å². The van der Waals surface area contributed by atoms with Crippen LogP contribution in [0.25, 0.3) is 0 Å². The van der Waals surface area contributed by atoms with Crippen LogP contribution in [0.4, 0.5) is 0 Å². The van der Waals surface area contributed by atoms with Gasteiger partial charge in [0.25, 0.3) is 0 Å². The standard InChI is InChI=1S/C12H18N2O3S/c1-12(2-4-17-5-3-12)8-13-6-9-7-18-10(14-9)11(15)16/h7,13H,2-6,8H2,1H3,(H,15,16). The minimum Gasteiger partial charge on any atom is -0.476 e. The third-order valence-electron chi connectivity index (χ3n) is 3.29. The van der Waals surface area contributed by atoms with Gasteiger partial charge in [0, 0.05) is 31.7 Å². The van der Waals surface area contributed by atoms with Crippen molar-refractivity contribution in [1.82, 2.24) is 10.3 Å². The molecule has 0 radical (unpaired) electrons. The molecule has 18 heavy (non-hydrogen) atoms. The van der Waals surface area contributed by atoms with Crippen molar-refractivity contribution in [2.24, 2.45) is 5.41 Å². The van der Waals surface area contributed by atoms with E-state index in [1.54, 1.807) is 5.38 Å². The van der Waals surface area contributed by atoms with Gasteiger partial charge < -0.3 is 15.2 Å². The first-order valence-electron chi connectivity index (χ1n) is 6.05. The van der Waals surface area contributed by atoms with Gasteiger partial charge in [-0.05, 0) is 18.3 Å². The summed E-state index contributed by atoms with van der Waals surface area (Å²) in [6.45, 7) is 5.46. The van der Waals surface area contributed by atoms with Gasteiger partial charge in [0.15, 0.2) is 0 Å². The molecule has 0 aliphatic carbocycles. The van der Waals surface area contributed by atoms with E-state index < -0.39 is 5.97 Å². The molecule has 0 spiro atoms. The number of nitrogens with one attached hydrogen (secondary N) is 1. The fourth-order valence-electron chi connectivity index (χ4n) is 2.02. The van der Waals surface area contributed by atoms with Crippen molar-refractivity contribution in [1.29, 1.82) is 0 Å². The number of rotatable bonds is 5. The maximum Gasteiger partial charge on any atom is 0.365 e. The summed E-state index contributed by atoms with van der Waals surface area (Å²) in [7, 11) is 0. The third kappa shape index (κ3) is 3.51. The van der Waals surface area contributed by atoms with E-state index in [-0.39, 0.29) is 10.4 Å². The molecule has 1 aliphatic heterocycles. The number of aromatic nitrogens is 1. The van der Waals surface area contributed by atoms with Gasteiger partial charge in [-0.25, -0.2) is 9.78 Å². The van der Waals surface area contributed by atoms with Gasteiger partial charge in [-0.3, -0.25) is 0 Å². The summed E-state index contributed by atoms with van der Waals surface area (Å²) in [5, 5.41) is 14.1. The maximum absolute atomic E-state index is 10.7. The van der Waals surface area contributed by atoms with Gasteiger partial charge in [0.05, 0.1) is 5.69 Å². The number of carboxylic acid groups (broad SMARTS) is 1. The highest BCUT2D eigenvalue weighted by molar-refractivity contribution is 7.11. The Bertz CT molecular complexity index is 413. The van der Waals surface area contributed by atoms with Crippen LogP contribution in [0.3, 0.4) is 0 Å². The number of thiazole rings is 1. The van der Waals surface area contributed by atoms with Crippen LogP contribution in [0, 0.1) is 5.41 Å². The van der Waals surface area contributed by atoms with Crippen LogP contribution in [0.15, 0.2) is 5.38 Å². The lowest BCUT2D eigenvalue weighted by Crippen LogP contribution is -2.36. The second-order valence-corrected chi connectivity index (χ2v) is 5.83. The molecule has 0 unspecified atom stereocenters. The summed E-state index contributed by atoms with van der Waals surface area (Å²) in [4.78, 5) is 14.7. The molecule has 2 N–H and O–H groups in total. The Hall–Kier alpha value is -0.980.